The van der Waals surface area contributed by atoms with Gasteiger partial charge < -0.3 is 4.90 Å². The van der Waals surface area contributed by atoms with Crippen molar-refractivity contribution in [3.63, 3.8) is 0 Å². The molecule has 2 rings (SSSR count). The van der Waals surface area contributed by atoms with Gasteiger partial charge in [-0.3, -0.25) is 14.2 Å². The standard InChI is InChI=1S/C11H12N6O2/c1-16(2)6-13-11-15-9-8(10(19)17(11)3)14-7(5-18)4-12-9/h4-6H,1-3H3/b13-6+. The van der Waals surface area contributed by atoms with E-state index in [1.54, 1.807) is 19.0 Å². The zero-order chi connectivity index (χ0) is 14.0. The van der Waals surface area contributed by atoms with Crippen LogP contribution in [0.2, 0.25) is 0 Å². The summed E-state index contributed by atoms with van der Waals surface area (Å²) in [7, 11) is 5.14. The van der Waals surface area contributed by atoms with Crippen LogP contribution >= 0.6 is 0 Å². The van der Waals surface area contributed by atoms with Gasteiger partial charge in [0, 0.05) is 21.1 Å². The highest BCUT2D eigenvalue weighted by Crippen LogP contribution is 2.08. The van der Waals surface area contributed by atoms with Gasteiger partial charge in [0.2, 0.25) is 5.95 Å². The van der Waals surface area contributed by atoms with Gasteiger partial charge in [0.1, 0.15) is 5.69 Å². The second-order valence-corrected chi connectivity index (χ2v) is 4.07. The summed E-state index contributed by atoms with van der Waals surface area (Å²) in [5, 5.41) is 0. The third-order valence-electron chi connectivity index (χ3n) is 2.31. The molecule has 2 aromatic rings. The molecule has 0 saturated carbocycles. The lowest BCUT2D eigenvalue weighted by molar-refractivity contribution is 0.111. The Balaban J connectivity index is 2.68. The van der Waals surface area contributed by atoms with Crippen molar-refractivity contribution in [3.05, 3.63) is 22.2 Å². The van der Waals surface area contributed by atoms with Gasteiger partial charge in [-0.05, 0) is 0 Å². The van der Waals surface area contributed by atoms with E-state index < -0.39 is 5.56 Å². The maximum absolute atomic E-state index is 12.1. The predicted octanol–water partition coefficient (Wildman–Crippen LogP) is -0.243. The maximum atomic E-state index is 12.1. The minimum Gasteiger partial charge on any atom is -0.369 e. The van der Waals surface area contributed by atoms with Gasteiger partial charge >= 0.3 is 0 Å². The first-order chi connectivity index (χ1) is 9.02. The molecule has 2 heterocycles. The smallest absolute Gasteiger partial charge is 0.282 e. The molecule has 0 spiro atoms. The van der Waals surface area contributed by atoms with Crippen molar-refractivity contribution < 1.29 is 4.79 Å². The highest BCUT2D eigenvalue weighted by molar-refractivity contribution is 5.77. The molecule has 0 aliphatic heterocycles. The van der Waals surface area contributed by atoms with E-state index in [2.05, 4.69) is 19.9 Å². The maximum Gasteiger partial charge on any atom is 0.282 e. The zero-order valence-corrected chi connectivity index (χ0v) is 10.7. The lowest BCUT2D eigenvalue weighted by Crippen LogP contribution is -2.20. The number of fused-ring (bicyclic) bond motifs is 1. The molecule has 98 valence electrons. The number of nitrogens with zero attached hydrogens (tertiary/aromatic N) is 6. The monoisotopic (exact) mass is 260 g/mol. The summed E-state index contributed by atoms with van der Waals surface area (Å²) in [5.74, 6) is 0.222. The van der Waals surface area contributed by atoms with Gasteiger partial charge in [-0.25, -0.2) is 15.0 Å². The zero-order valence-electron chi connectivity index (χ0n) is 10.7. The number of aliphatic imine (C=N–C) groups is 1. The van der Waals surface area contributed by atoms with E-state index in [9.17, 15) is 9.59 Å². The van der Waals surface area contributed by atoms with E-state index in [0.717, 1.165) is 0 Å². The molecule has 19 heavy (non-hydrogen) atoms. The third-order valence-corrected chi connectivity index (χ3v) is 2.31. The molecule has 0 radical (unpaired) electrons. The molecule has 2 aromatic heterocycles. The third kappa shape index (κ3) is 2.46. The second kappa shape index (κ2) is 4.92. The largest absolute Gasteiger partial charge is 0.369 e. The Kier molecular flexibility index (Phi) is 3.32. The molecule has 0 aliphatic rings. The Hall–Kier alpha value is -2.64. The first-order valence-electron chi connectivity index (χ1n) is 5.42. The Labute approximate surface area is 108 Å². The Bertz CT molecular complexity index is 719. The lowest BCUT2D eigenvalue weighted by Gasteiger charge is -2.06. The molecule has 0 fully saturated rings. The van der Waals surface area contributed by atoms with Crippen LogP contribution < -0.4 is 5.56 Å². The summed E-state index contributed by atoms with van der Waals surface area (Å²) < 4.78 is 1.26. The number of rotatable bonds is 3. The highest BCUT2D eigenvalue weighted by Gasteiger charge is 2.10. The molecule has 0 unspecified atom stereocenters. The molecule has 0 N–H and O–H groups in total. The molecule has 0 aromatic carbocycles. The molecule has 0 saturated heterocycles. The van der Waals surface area contributed by atoms with Crippen molar-refractivity contribution in [3.8, 4) is 0 Å². The van der Waals surface area contributed by atoms with Crippen LogP contribution in [-0.4, -0.2) is 51.1 Å². The van der Waals surface area contributed by atoms with E-state index >= 15 is 0 Å². The quantitative estimate of drug-likeness (QED) is 0.429. The Morgan fingerprint density at radius 3 is 2.74 bits per heavy atom. The van der Waals surface area contributed by atoms with Gasteiger partial charge in [0.05, 0.1) is 12.5 Å². The number of aldehydes is 1. The molecular formula is C11H12N6O2. The van der Waals surface area contributed by atoms with Gasteiger partial charge in [-0.1, -0.05) is 0 Å². The Morgan fingerprint density at radius 2 is 2.11 bits per heavy atom. The molecule has 0 amide bonds. The molecule has 8 heteroatoms. The number of hydrogen-bond donors (Lipinski definition) is 0. The van der Waals surface area contributed by atoms with Gasteiger partial charge in [-0.2, -0.15) is 4.98 Å². The molecule has 0 atom stereocenters. The van der Waals surface area contributed by atoms with Crippen molar-refractivity contribution in [2.24, 2.45) is 12.0 Å². The van der Waals surface area contributed by atoms with E-state index in [-0.39, 0.29) is 22.8 Å². The highest BCUT2D eigenvalue weighted by atomic mass is 16.1. The van der Waals surface area contributed by atoms with Crippen LogP contribution in [0.1, 0.15) is 10.5 Å². The van der Waals surface area contributed by atoms with Crippen molar-refractivity contribution in [1.82, 2.24) is 24.4 Å². The van der Waals surface area contributed by atoms with Crippen LogP contribution in [0, 0.1) is 0 Å². The van der Waals surface area contributed by atoms with E-state index in [1.165, 1.54) is 24.2 Å². The molecule has 0 bridgehead atoms. The van der Waals surface area contributed by atoms with Gasteiger partial charge in [0.15, 0.2) is 17.5 Å². The average Bonchev–Trinajstić information content (AvgIpc) is 2.40. The fourth-order valence-electron chi connectivity index (χ4n) is 1.38. The van der Waals surface area contributed by atoms with Crippen LogP contribution in [0.5, 0.6) is 0 Å². The summed E-state index contributed by atoms with van der Waals surface area (Å²) in [6.45, 7) is 0. The van der Waals surface area contributed by atoms with E-state index in [1.807, 2.05) is 0 Å². The summed E-state index contributed by atoms with van der Waals surface area (Å²) in [6.07, 6.45) is 3.33. The van der Waals surface area contributed by atoms with E-state index in [4.69, 9.17) is 0 Å². The van der Waals surface area contributed by atoms with Crippen LogP contribution in [0.25, 0.3) is 11.2 Å². The average molecular weight is 260 g/mol. The van der Waals surface area contributed by atoms with Gasteiger partial charge in [0.25, 0.3) is 5.56 Å². The predicted molar refractivity (Wildman–Crippen MR) is 69.8 cm³/mol. The lowest BCUT2D eigenvalue weighted by atomic mass is 10.4. The fourth-order valence-corrected chi connectivity index (χ4v) is 1.38. The summed E-state index contributed by atoms with van der Waals surface area (Å²) in [6, 6.07) is 0. The number of hydrogen-bond acceptors (Lipinski definition) is 6. The number of aromatic nitrogens is 4. The normalized spacial score (nSPS) is 11.1. The molecule has 8 nitrogen and oxygen atoms in total. The van der Waals surface area contributed by atoms with Crippen LogP contribution in [0.3, 0.4) is 0 Å². The van der Waals surface area contributed by atoms with Crippen molar-refractivity contribution >= 4 is 29.7 Å². The van der Waals surface area contributed by atoms with Crippen LogP contribution in [-0.2, 0) is 7.05 Å². The Morgan fingerprint density at radius 1 is 1.37 bits per heavy atom. The van der Waals surface area contributed by atoms with Crippen molar-refractivity contribution in [1.29, 1.82) is 0 Å². The molecular weight excluding hydrogens is 248 g/mol. The minimum absolute atomic E-state index is 0.0518. The first kappa shape index (κ1) is 12.8. The van der Waals surface area contributed by atoms with Gasteiger partial charge in [-0.15, -0.1) is 0 Å². The summed E-state index contributed by atoms with van der Waals surface area (Å²) >= 11 is 0. The first-order valence-corrected chi connectivity index (χ1v) is 5.42. The number of carbonyl (C=O) groups is 1. The van der Waals surface area contributed by atoms with Crippen molar-refractivity contribution in [2.45, 2.75) is 0 Å². The van der Waals surface area contributed by atoms with Crippen LogP contribution in [0.15, 0.2) is 16.0 Å². The summed E-state index contributed by atoms with van der Waals surface area (Å²) in [5.41, 5.74) is -0.0847. The van der Waals surface area contributed by atoms with Crippen LogP contribution in [0.4, 0.5) is 5.95 Å². The molecule has 0 aliphatic carbocycles. The SMILES string of the molecule is CN(C)/C=N/c1nc2ncc(C=O)nc2c(=O)n1C. The van der Waals surface area contributed by atoms with E-state index in [0.29, 0.717) is 6.29 Å². The number of carbonyl (C=O) groups excluding carboxylic acids is 1. The minimum atomic E-state index is -0.396. The summed E-state index contributed by atoms with van der Waals surface area (Å²) in [4.78, 5) is 40.5. The fraction of sp³-hybridized carbons (Fsp3) is 0.273. The van der Waals surface area contributed by atoms with Crippen molar-refractivity contribution in [2.75, 3.05) is 14.1 Å². The topological polar surface area (TPSA) is 93.3 Å². The second-order valence-electron chi connectivity index (χ2n) is 4.07.